The second-order valence-corrected chi connectivity index (χ2v) is 6.07. The lowest BCUT2D eigenvalue weighted by Crippen LogP contribution is -2.28. The van der Waals surface area contributed by atoms with Gasteiger partial charge in [0.15, 0.2) is 0 Å². The predicted octanol–water partition coefficient (Wildman–Crippen LogP) is 0.924. The lowest BCUT2D eigenvalue weighted by Gasteiger charge is -2.09. The molecule has 0 bridgehead atoms. The molecule has 0 heterocycles. The topological polar surface area (TPSA) is 84.5 Å². The number of benzene rings is 1. The summed E-state index contributed by atoms with van der Waals surface area (Å²) in [5.74, 6) is -0.774. The van der Waals surface area contributed by atoms with Gasteiger partial charge in [-0.05, 0) is 31.6 Å². The standard InChI is InChI=1S/C13H20N2O4S.ClH/c1-14-8-5-9-15-20(17,18)10-11-6-3-4-7-12(11)13(16)19-2;/h3-4,6-7,14-15H,5,8-10H2,1-2H3;1H. The molecule has 21 heavy (non-hydrogen) atoms. The Labute approximate surface area is 131 Å². The second-order valence-electron chi connectivity index (χ2n) is 4.26. The van der Waals surface area contributed by atoms with E-state index in [0.717, 1.165) is 6.54 Å². The Morgan fingerprint density at radius 1 is 1.24 bits per heavy atom. The molecule has 1 aromatic carbocycles. The largest absolute Gasteiger partial charge is 0.465 e. The molecule has 1 rings (SSSR count). The van der Waals surface area contributed by atoms with Gasteiger partial charge in [-0.15, -0.1) is 12.4 Å². The number of ether oxygens (including phenoxy) is 1. The van der Waals surface area contributed by atoms with Crippen LogP contribution in [0.3, 0.4) is 0 Å². The van der Waals surface area contributed by atoms with Crippen molar-refractivity contribution in [3.05, 3.63) is 35.4 Å². The number of halogens is 1. The van der Waals surface area contributed by atoms with Crippen LogP contribution < -0.4 is 10.0 Å². The van der Waals surface area contributed by atoms with Gasteiger partial charge in [0.2, 0.25) is 10.0 Å². The fourth-order valence-corrected chi connectivity index (χ4v) is 2.92. The van der Waals surface area contributed by atoms with Gasteiger partial charge in [-0.25, -0.2) is 17.9 Å². The van der Waals surface area contributed by atoms with Crippen LogP contribution in [0.5, 0.6) is 0 Å². The van der Waals surface area contributed by atoms with Crippen LogP contribution in [0.15, 0.2) is 24.3 Å². The molecule has 0 amide bonds. The smallest absolute Gasteiger partial charge is 0.338 e. The van der Waals surface area contributed by atoms with Crippen LogP contribution in [-0.4, -0.2) is 41.6 Å². The summed E-state index contributed by atoms with van der Waals surface area (Å²) in [7, 11) is -0.391. The van der Waals surface area contributed by atoms with Gasteiger partial charge in [0.25, 0.3) is 0 Å². The van der Waals surface area contributed by atoms with Gasteiger partial charge >= 0.3 is 5.97 Å². The highest BCUT2D eigenvalue weighted by Gasteiger charge is 2.17. The molecule has 120 valence electrons. The van der Waals surface area contributed by atoms with Crippen molar-refractivity contribution in [1.29, 1.82) is 0 Å². The van der Waals surface area contributed by atoms with E-state index < -0.39 is 16.0 Å². The van der Waals surface area contributed by atoms with Crippen LogP contribution in [0.2, 0.25) is 0 Å². The van der Waals surface area contributed by atoms with Gasteiger partial charge in [-0.3, -0.25) is 0 Å². The molecule has 2 N–H and O–H groups in total. The summed E-state index contributed by atoms with van der Waals surface area (Å²) in [5.41, 5.74) is 0.705. The van der Waals surface area contributed by atoms with E-state index in [1.54, 1.807) is 31.3 Å². The van der Waals surface area contributed by atoms with E-state index in [-0.39, 0.29) is 23.7 Å². The summed E-state index contributed by atoms with van der Waals surface area (Å²) in [6, 6.07) is 6.53. The molecular formula is C13H21ClN2O4S. The zero-order chi connectivity index (χ0) is 15.0. The Balaban J connectivity index is 0.00000400. The third-order valence-corrected chi connectivity index (χ3v) is 4.03. The fraction of sp³-hybridized carbons (Fsp3) is 0.462. The van der Waals surface area contributed by atoms with Crippen LogP contribution in [-0.2, 0) is 20.5 Å². The number of hydrogen-bond donors (Lipinski definition) is 2. The Bertz CT molecular complexity index is 549. The molecule has 0 aliphatic heterocycles. The van der Waals surface area contributed by atoms with Crippen LogP contribution in [0.25, 0.3) is 0 Å². The highest BCUT2D eigenvalue weighted by molar-refractivity contribution is 7.88. The van der Waals surface area contributed by atoms with E-state index in [2.05, 4.69) is 14.8 Å². The first-order chi connectivity index (χ1) is 9.50. The molecule has 0 saturated heterocycles. The monoisotopic (exact) mass is 336 g/mol. The average molecular weight is 337 g/mol. The predicted molar refractivity (Wildman–Crippen MR) is 84.2 cm³/mol. The molecular weight excluding hydrogens is 316 g/mol. The quantitative estimate of drug-likeness (QED) is 0.545. The summed E-state index contributed by atoms with van der Waals surface area (Å²) < 4.78 is 31.0. The van der Waals surface area contributed by atoms with Gasteiger partial charge in [-0.2, -0.15) is 0 Å². The molecule has 0 unspecified atom stereocenters. The number of esters is 1. The summed E-state index contributed by atoms with van der Waals surface area (Å²) in [6.07, 6.45) is 0.703. The van der Waals surface area contributed by atoms with Gasteiger partial charge in [0, 0.05) is 6.54 Å². The Morgan fingerprint density at radius 3 is 2.52 bits per heavy atom. The van der Waals surface area contributed by atoms with Crippen molar-refractivity contribution in [2.45, 2.75) is 12.2 Å². The Kier molecular flexibility index (Phi) is 9.19. The second kappa shape index (κ2) is 9.73. The maximum Gasteiger partial charge on any atom is 0.338 e. The first kappa shape index (κ1) is 19.9. The first-order valence-electron chi connectivity index (χ1n) is 6.28. The number of carbonyl (C=O) groups is 1. The van der Waals surface area contributed by atoms with Gasteiger partial charge in [0.05, 0.1) is 18.4 Å². The molecule has 0 saturated carbocycles. The zero-order valence-electron chi connectivity index (χ0n) is 12.1. The highest BCUT2D eigenvalue weighted by Crippen LogP contribution is 2.13. The summed E-state index contributed by atoms with van der Waals surface area (Å²) in [4.78, 5) is 11.6. The van der Waals surface area contributed by atoms with E-state index in [1.165, 1.54) is 7.11 Å². The van der Waals surface area contributed by atoms with Crippen molar-refractivity contribution in [1.82, 2.24) is 10.0 Å². The fourth-order valence-electron chi connectivity index (χ4n) is 1.70. The van der Waals surface area contributed by atoms with E-state index in [9.17, 15) is 13.2 Å². The Morgan fingerprint density at radius 2 is 1.90 bits per heavy atom. The molecule has 0 radical (unpaired) electrons. The van der Waals surface area contributed by atoms with E-state index in [1.807, 2.05) is 0 Å². The molecule has 0 atom stereocenters. The third-order valence-electron chi connectivity index (χ3n) is 2.69. The highest BCUT2D eigenvalue weighted by atomic mass is 35.5. The van der Waals surface area contributed by atoms with E-state index in [4.69, 9.17) is 0 Å². The molecule has 1 aromatic rings. The summed E-state index contributed by atoms with van der Waals surface area (Å²) >= 11 is 0. The minimum absolute atomic E-state index is 0. The SMILES string of the molecule is CNCCCNS(=O)(=O)Cc1ccccc1C(=O)OC.Cl. The molecule has 0 spiro atoms. The van der Waals surface area contributed by atoms with Gasteiger partial charge < -0.3 is 10.1 Å². The number of sulfonamides is 1. The molecule has 0 aliphatic carbocycles. The van der Waals surface area contributed by atoms with Crippen LogP contribution in [0.1, 0.15) is 22.3 Å². The van der Waals surface area contributed by atoms with E-state index in [0.29, 0.717) is 18.5 Å². The third kappa shape index (κ3) is 6.90. The summed E-state index contributed by atoms with van der Waals surface area (Å²) in [6.45, 7) is 1.10. The van der Waals surface area contributed by atoms with Gasteiger partial charge in [0.1, 0.15) is 0 Å². The maximum atomic E-state index is 11.9. The van der Waals surface area contributed by atoms with Crippen molar-refractivity contribution in [2.24, 2.45) is 0 Å². The van der Waals surface area contributed by atoms with E-state index >= 15 is 0 Å². The number of rotatable bonds is 8. The molecule has 0 aromatic heterocycles. The number of methoxy groups -OCH3 is 1. The molecule has 0 aliphatic rings. The summed E-state index contributed by atoms with van der Waals surface area (Å²) in [5, 5.41) is 2.94. The normalized spacial score (nSPS) is 10.8. The average Bonchev–Trinajstić information content (AvgIpc) is 2.43. The minimum Gasteiger partial charge on any atom is -0.465 e. The van der Waals surface area contributed by atoms with Crippen LogP contribution in [0.4, 0.5) is 0 Å². The van der Waals surface area contributed by atoms with Crippen LogP contribution >= 0.6 is 12.4 Å². The van der Waals surface area contributed by atoms with Crippen LogP contribution in [0, 0.1) is 0 Å². The van der Waals surface area contributed by atoms with Crippen molar-refractivity contribution < 1.29 is 17.9 Å². The molecule has 0 fully saturated rings. The maximum absolute atomic E-state index is 11.9. The molecule has 6 nitrogen and oxygen atoms in total. The lowest BCUT2D eigenvalue weighted by atomic mass is 10.1. The number of nitrogens with one attached hydrogen (secondary N) is 2. The number of hydrogen-bond acceptors (Lipinski definition) is 5. The van der Waals surface area contributed by atoms with Crippen molar-refractivity contribution >= 4 is 28.4 Å². The number of carbonyl (C=O) groups excluding carboxylic acids is 1. The minimum atomic E-state index is -3.46. The molecule has 8 heteroatoms. The van der Waals surface area contributed by atoms with Crippen molar-refractivity contribution in [3.63, 3.8) is 0 Å². The van der Waals surface area contributed by atoms with Gasteiger partial charge in [-0.1, -0.05) is 18.2 Å². The Hall–Kier alpha value is -1.15. The zero-order valence-corrected chi connectivity index (χ0v) is 13.7. The van der Waals surface area contributed by atoms with Crippen molar-refractivity contribution in [2.75, 3.05) is 27.2 Å². The first-order valence-corrected chi connectivity index (χ1v) is 7.93. The van der Waals surface area contributed by atoms with Crippen molar-refractivity contribution in [3.8, 4) is 0 Å². The lowest BCUT2D eigenvalue weighted by molar-refractivity contribution is 0.0600.